The summed E-state index contributed by atoms with van der Waals surface area (Å²) in [5.74, 6) is -1.87. The van der Waals surface area contributed by atoms with Gasteiger partial charge in [-0.2, -0.15) is 13.2 Å². The number of nitrogens with one attached hydrogen (secondary N) is 1. The Labute approximate surface area is 198 Å². The molecule has 0 aliphatic heterocycles. The molecule has 1 aliphatic rings. The molecule has 3 rings (SSSR count). The van der Waals surface area contributed by atoms with Gasteiger partial charge in [-0.15, -0.1) is 0 Å². The summed E-state index contributed by atoms with van der Waals surface area (Å²) in [7, 11) is 0. The van der Waals surface area contributed by atoms with Gasteiger partial charge in [-0.25, -0.2) is 4.79 Å². The van der Waals surface area contributed by atoms with Crippen molar-refractivity contribution in [3.8, 4) is 11.5 Å². The Balaban J connectivity index is 1.71. The van der Waals surface area contributed by atoms with Crippen LogP contribution in [0, 0.1) is 16.0 Å². The van der Waals surface area contributed by atoms with E-state index < -0.39 is 40.0 Å². The van der Waals surface area contributed by atoms with E-state index in [2.05, 4.69) is 5.32 Å². The van der Waals surface area contributed by atoms with E-state index in [1.165, 1.54) is 30.3 Å². The molecule has 0 unspecified atom stereocenters. The number of aliphatic carboxylic acids is 1. The Kier molecular flexibility index (Phi) is 8.10. The molecule has 0 bridgehead atoms. The smallest absolute Gasteiger partial charge is 0.420 e. The number of nitro groups is 1. The van der Waals surface area contributed by atoms with Crippen LogP contribution in [0.1, 0.15) is 49.7 Å². The van der Waals surface area contributed by atoms with Crippen molar-refractivity contribution in [1.29, 1.82) is 0 Å². The van der Waals surface area contributed by atoms with Crippen molar-refractivity contribution in [2.24, 2.45) is 5.92 Å². The number of hydrogen-bond acceptors (Lipinski definition) is 5. The number of hydrogen-bond donors (Lipinski definition) is 2. The van der Waals surface area contributed by atoms with Crippen LogP contribution in [0.4, 0.5) is 18.9 Å². The first-order valence-electron chi connectivity index (χ1n) is 10.9. The molecule has 8 nitrogen and oxygen atoms in total. The van der Waals surface area contributed by atoms with Crippen LogP contribution in [0.2, 0.25) is 0 Å². The zero-order valence-corrected chi connectivity index (χ0v) is 18.5. The molecule has 1 fully saturated rings. The zero-order valence-electron chi connectivity index (χ0n) is 18.5. The number of carbonyl (C=O) groups excluding carboxylic acids is 1. The van der Waals surface area contributed by atoms with Crippen LogP contribution in [0.3, 0.4) is 0 Å². The maximum atomic E-state index is 13.3. The molecule has 0 radical (unpaired) electrons. The SMILES string of the molecule is O=C(CCC1CCCC1)N/C(=C/c1ccc(Oc2ccc([N+](=O)[O-])cc2C(F)(F)F)cc1)C(=O)O. The molecular weight excluding hydrogens is 469 g/mol. The van der Waals surface area contributed by atoms with Gasteiger partial charge in [0.05, 0.1) is 4.92 Å². The van der Waals surface area contributed by atoms with Crippen molar-refractivity contribution in [2.75, 3.05) is 0 Å². The summed E-state index contributed by atoms with van der Waals surface area (Å²) in [6.07, 6.45) is 1.72. The first-order chi connectivity index (χ1) is 16.5. The zero-order chi connectivity index (χ0) is 25.6. The minimum atomic E-state index is -4.88. The van der Waals surface area contributed by atoms with Crippen LogP contribution in [0.15, 0.2) is 48.2 Å². The molecule has 2 N–H and O–H groups in total. The van der Waals surface area contributed by atoms with E-state index in [1.54, 1.807) is 0 Å². The fourth-order valence-electron chi connectivity index (χ4n) is 3.87. The third kappa shape index (κ3) is 7.29. The Hall–Kier alpha value is -3.89. The molecule has 0 aromatic heterocycles. The molecule has 0 atom stereocenters. The van der Waals surface area contributed by atoms with Crippen molar-refractivity contribution in [3.63, 3.8) is 0 Å². The Morgan fingerprint density at radius 1 is 1.14 bits per heavy atom. The number of carboxylic acid groups (broad SMARTS) is 1. The number of rotatable bonds is 9. The first kappa shape index (κ1) is 25.7. The van der Waals surface area contributed by atoms with E-state index >= 15 is 0 Å². The largest absolute Gasteiger partial charge is 0.477 e. The van der Waals surface area contributed by atoms with Crippen LogP contribution in [0.5, 0.6) is 11.5 Å². The molecule has 1 saturated carbocycles. The number of amides is 1. The van der Waals surface area contributed by atoms with Gasteiger partial charge in [-0.3, -0.25) is 14.9 Å². The Bertz CT molecular complexity index is 1120. The molecule has 1 aliphatic carbocycles. The van der Waals surface area contributed by atoms with Gasteiger partial charge in [0.2, 0.25) is 5.91 Å². The second-order valence-corrected chi connectivity index (χ2v) is 8.21. The van der Waals surface area contributed by atoms with Gasteiger partial charge in [-0.05, 0) is 42.2 Å². The predicted molar refractivity (Wildman–Crippen MR) is 120 cm³/mol. The number of benzene rings is 2. The quantitative estimate of drug-likeness (QED) is 0.255. The van der Waals surface area contributed by atoms with E-state index in [9.17, 15) is 38.0 Å². The molecule has 35 heavy (non-hydrogen) atoms. The normalized spacial score (nSPS) is 14.5. The molecule has 0 spiro atoms. The highest BCUT2D eigenvalue weighted by atomic mass is 19.4. The topological polar surface area (TPSA) is 119 Å². The third-order valence-electron chi connectivity index (χ3n) is 5.66. The summed E-state index contributed by atoms with van der Waals surface area (Å²) in [6.45, 7) is 0. The molecular formula is C24H23F3N2O6. The predicted octanol–water partition coefficient (Wildman–Crippen LogP) is 5.92. The van der Waals surface area contributed by atoms with Crippen LogP contribution in [-0.2, 0) is 15.8 Å². The molecule has 2 aromatic carbocycles. The second-order valence-electron chi connectivity index (χ2n) is 8.21. The summed E-state index contributed by atoms with van der Waals surface area (Å²) in [4.78, 5) is 33.6. The first-order valence-corrected chi connectivity index (χ1v) is 10.9. The number of nitro benzene ring substituents is 1. The molecule has 0 heterocycles. The van der Waals surface area contributed by atoms with Crippen molar-refractivity contribution in [2.45, 2.75) is 44.7 Å². The minimum Gasteiger partial charge on any atom is -0.477 e. The van der Waals surface area contributed by atoms with Crippen LogP contribution < -0.4 is 10.1 Å². The lowest BCUT2D eigenvalue weighted by atomic mass is 10.0. The number of carboxylic acids is 1. The van der Waals surface area contributed by atoms with Crippen molar-refractivity contribution < 1.29 is 37.5 Å². The lowest BCUT2D eigenvalue weighted by Crippen LogP contribution is -2.27. The Morgan fingerprint density at radius 3 is 2.37 bits per heavy atom. The van der Waals surface area contributed by atoms with Crippen LogP contribution in [0.25, 0.3) is 6.08 Å². The summed E-state index contributed by atoms with van der Waals surface area (Å²) >= 11 is 0. The standard InChI is InChI=1S/C24H23F3N2O6/c25-24(26,27)19-14-17(29(33)34)8-11-21(19)35-18-9-5-16(6-10-18)13-20(23(31)32)28-22(30)12-7-15-3-1-2-4-15/h5-6,8-11,13-15H,1-4,7,12H2,(H,28,30)(H,31,32)/b20-13+. The molecule has 11 heteroatoms. The summed E-state index contributed by atoms with van der Waals surface area (Å²) in [5.41, 5.74) is -1.99. The maximum absolute atomic E-state index is 13.3. The highest BCUT2D eigenvalue weighted by molar-refractivity contribution is 5.96. The van der Waals surface area contributed by atoms with Gasteiger partial charge in [-0.1, -0.05) is 37.8 Å². The number of nitrogens with zero attached hydrogens (tertiary/aromatic N) is 1. The molecule has 2 aromatic rings. The highest BCUT2D eigenvalue weighted by Gasteiger charge is 2.36. The molecule has 186 valence electrons. The third-order valence-corrected chi connectivity index (χ3v) is 5.66. The number of alkyl halides is 3. The minimum absolute atomic E-state index is 0.000947. The van der Waals surface area contributed by atoms with Crippen molar-refractivity contribution in [3.05, 3.63) is 69.4 Å². The highest BCUT2D eigenvalue weighted by Crippen LogP contribution is 2.40. The monoisotopic (exact) mass is 492 g/mol. The van der Waals surface area contributed by atoms with Crippen molar-refractivity contribution in [1.82, 2.24) is 5.32 Å². The van der Waals surface area contributed by atoms with Crippen LogP contribution >= 0.6 is 0 Å². The van der Waals surface area contributed by atoms with Crippen molar-refractivity contribution >= 4 is 23.6 Å². The maximum Gasteiger partial charge on any atom is 0.420 e. The van der Waals surface area contributed by atoms with Gasteiger partial charge in [0.1, 0.15) is 22.8 Å². The lowest BCUT2D eigenvalue weighted by Gasteiger charge is -2.13. The molecule has 1 amide bonds. The summed E-state index contributed by atoms with van der Waals surface area (Å²) < 4.78 is 45.2. The van der Waals surface area contributed by atoms with E-state index in [4.69, 9.17) is 4.74 Å². The lowest BCUT2D eigenvalue weighted by molar-refractivity contribution is -0.385. The summed E-state index contributed by atoms with van der Waals surface area (Å²) in [5, 5.41) is 22.6. The van der Waals surface area contributed by atoms with Gasteiger partial charge < -0.3 is 15.2 Å². The molecule has 0 saturated heterocycles. The second kappa shape index (κ2) is 11.0. The van der Waals surface area contributed by atoms with E-state index in [0.29, 0.717) is 24.0 Å². The van der Waals surface area contributed by atoms with Gasteiger partial charge >= 0.3 is 12.1 Å². The van der Waals surface area contributed by atoms with Crippen LogP contribution in [-0.4, -0.2) is 21.9 Å². The number of carbonyl (C=O) groups is 2. The van der Waals surface area contributed by atoms with E-state index in [-0.39, 0.29) is 17.9 Å². The Morgan fingerprint density at radius 2 is 1.80 bits per heavy atom. The van der Waals surface area contributed by atoms with E-state index in [1.807, 2.05) is 0 Å². The number of non-ortho nitro benzene ring substituents is 1. The summed E-state index contributed by atoms with van der Waals surface area (Å²) in [6, 6.07) is 7.59. The van der Waals surface area contributed by atoms with Gasteiger partial charge in [0.15, 0.2) is 0 Å². The van der Waals surface area contributed by atoms with E-state index in [0.717, 1.165) is 37.8 Å². The fraction of sp³-hybridized carbons (Fsp3) is 0.333. The fourth-order valence-corrected chi connectivity index (χ4v) is 3.87. The average molecular weight is 492 g/mol. The van der Waals surface area contributed by atoms with Gasteiger partial charge in [0.25, 0.3) is 5.69 Å². The van der Waals surface area contributed by atoms with Gasteiger partial charge in [0, 0.05) is 18.6 Å². The number of halogens is 3. The average Bonchev–Trinajstić information content (AvgIpc) is 3.31. The number of ether oxygens (including phenoxy) is 1.